The summed E-state index contributed by atoms with van der Waals surface area (Å²) in [6.07, 6.45) is 1.45. The number of rotatable bonds is 3. The summed E-state index contributed by atoms with van der Waals surface area (Å²) in [5.74, 6) is -0.124. The van der Waals surface area contributed by atoms with Gasteiger partial charge >= 0.3 is 0 Å². The van der Waals surface area contributed by atoms with E-state index >= 15 is 0 Å². The molecule has 2 N–H and O–H groups in total. The summed E-state index contributed by atoms with van der Waals surface area (Å²) in [4.78, 5) is 17.0. The molecule has 16 heavy (non-hydrogen) atoms. The lowest BCUT2D eigenvalue weighted by Crippen LogP contribution is -2.43. The maximum absolute atomic E-state index is 11.8. The Kier molecular flexibility index (Phi) is 3.54. The normalized spacial score (nSPS) is 17.4. The predicted molar refractivity (Wildman–Crippen MR) is 60.4 cm³/mol. The van der Waals surface area contributed by atoms with Gasteiger partial charge in [0.15, 0.2) is 0 Å². The topological polar surface area (TPSA) is 55.6 Å². The summed E-state index contributed by atoms with van der Waals surface area (Å²) < 4.78 is 0. The lowest BCUT2D eigenvalue weighted by atomic mass is 10.1. The summed E-state index contributed by atoms with van der Waals surface area (Å²) in [5, 5.41) is 1.38. The highest BCUT2D eigenvalue weighted by atomic mass is 16.7. The van der Waals surface area contributed by atoms with Crippen LogP contribution in [0.1, 0.15) is 12.0 Å². The molecule has 1 aromatic rings. The molecule has 0 aromatic heterocycles. The molecule has 0 aliphatic carbocycles. The average Bonchev–Trinajstić information content (AvgIpc) is 2.83. The summed E-state index contributed by atoms with van der Waals surface area (Å²) in [5.41, 5.74) is 6.93. The van der Waals surface area contributed by atoms with Crippen molar-refractivity contribution in [1.82, 2.24) is 5.06 Å². The standard InChI is InChI=1S/C12H16N2O2/c13-11(9-10-5-2-1-3-6-10)12(15)14-7-4-8-16-14/h1-3,5-6,11H,4,7-9,13H2/t11-/m0/s1. The molecule has 1 amide bonds. The Hall–Kier alpha value is -1.39. The van der Waals surface area contributed by atoms with E-state index in [2.05, 4.69) is 0 Å². The highest BCUT2D eigenvalue weighted by Crippen LogP contribution is 2.09. The van der Waals surface area contributed by atoms with Crippen LogP contribution in [-0.4, -0.2) is 30.2 Å². The molecule has 86 valence electrons. The van der Waals surface area contributed by atoms with Gasteiger partial charge in [0, 0.05) is 0 Å². The third kappa shape index (κ3) is 2.59. The maximum atomic E-state index is 11.8. The Morgan fingerprint density at radius 3 is 2.81 bits per heavy atom. The molecule has 0 unspecified atom stereocenters. The fourth-order valence-corrected chi connectivity index (χ4v) is 1.76. The van der Waals surface area contributed by atoms with Crippen LogP contribution in [0.15, 0.2) is 30.3 Å². The molecule has 1 aliphatic heterocycles. The molecular formula is C12H16N2O2. The van der Waals surface area contributed by atoms with Crippen LogP contribution in [0.2, 0.25) is 0 Å². The van der Waals surface area contributed by atoms with Gasteiger partial charge in [0.1, 0.15) is 0 Å². The van der Waals surface area contributed by atoms with Gasteiger partial charge in [-0.15, -0.1) is 0 Å². The molecule has 1 fully saturated rings. The first-order chi connectivity index (χ1) is 7.77. The van der Waals surface area contributed by atoms with Crippen LogP contribution in [0.5, 0.6) is 0 Å². The number of hydrogen-bond acceptors (Lipinski definition) is 3. The fraction of sp³-hybridized carbons (Fsp3) is 0.417. The molecule has 4 nitrogen and oxygen atoms in total. The summed E-state index contributed by atoms with van der Waals surface area (Å²) >= 11 is 0. The van der Waals surface area contributed by atoms with Gasteiger partial charge < -0.3 is 5.73 Å². The van der Waals surface area contributed by atoms with Crippen LogP contribution < -0.4 is 5.73 Å². The van der Waals surface area contributed by atoms with E-state index in [-0.39, 0.29) is 5.91 Å². The van der Waals surface area contributed by atoms with Gasteiger partial charge in [-0.3, -0.25) is 9.63 Å². The van der Waals surface area contributed by atoms with Crippen molar-refractivity contribution in [3.8, 4) is 0 Å². The Balaban J connectivity index is 1.92. The van der Waals surface area contributed by atoms with E-state index in [1.165, 1.54) is 5.06 Å². The van der Waals surface area contributed by atoms with Gasteiger partial charge in [-0.2, -0.15) is 0 Å². The third-order valence-electron chi connectivity index (χ3n) is 2.61. The first-order valence-corrected chi connectivity index (χ1v) is 5.51. The number of nitrogens with zero attached hydrogens (tertiary/aromatic N) is 1. The average molecular weight is 220 g/mol. The number of benzene rings is 1. The number of amides is 1. The lowest BCUT2D eigenvalue weighted by molar-refractivity contribution is -0.170. The second-order valence-electron chi connectivity index (χ2n) is 3.92. The number of carbonyl (C=O) groups is 1. The summed E-state index contributed by atoms with van der Waals surface area (Å²) in [6.45, 7) is 1.27. The SMILES string of the molecule is N[C@@H](Cc1ccccc1)C(=O)N1CCCO1. The molecule has 1 aliphatic rings. The number of hydroxylamine groups is 2. The molecular weight excluding hydrogens is 204 g/mol. The third-order valence-corrected chi connectivity index (χ3v) is 2.61. The van der Waals surface area contributed by atoms with Gasteiger partial charge in [-0.05, 0) is 18.4 Å². The van der Waals surface area contributed by atoms with Crippen molar-refractivity contribution in [2.75, 3.05) is 13.2 Å². The van der Waals surface area contributed by atoms with Crippen molar-refractivity contribution in [3.05, 3.63) is 35.9 Å². The summed E-state index contributed by atoms with van der Waals surface area (Å²) in [6, 6.07) is 9.26. The van der Waals surface area contributed by atoms with Gasteiger partial charge in [0.25, 0.3) is 5.91 Å². The Labute approximate surface area is 94.9 Å². The molecule has 1 atom stereocenters. The molecule has 0 radical (unpaired) electrons. The predicted octanol–water partition coefficient (Wildman–Crippen LogP) is 0.720. The molecule has 4 heteroatoms. The van der Waals surface area contributed by atoms with Gasteiger partial charge in [-0.25, -0.2) is 5.06 Å². The van der Waals surface area contributed by atoms with Crippen molar-refractivity contribution in [2.24, 2.45) is 5.73 Å². The minimum Gasteiger partial charge on any atom is -0.320 e. The first-order valence-electron chi connectivity index (χ1n) is 5.51. The minimum absolute atomic E-state index is 0.124. The zero-order valence-corrected chi connectivity index (χ0v) is 9.13. The fourth-order valence-electron chi connectivity index (χ4n) is 1.76. The van der Waals surface area contributed by atoms with Crippen LogP contribution in [0.3, 0.4) is 0 Å². The Morgan fingerprint density at radius 1 is 1.44 bits per heavy atom. The van der Waals surface area contributed by atoms with Gasteiger partial charge in [0.2, 0.25) is 0 Å². The molecule has 1 aromatic carbocycles. The van der Waals surface area contributed by atoms with E-state index in [9.17, 15) is 4.79 Å². The van der Waals surface area contributed by atoms with E-state index in [1.807, 2.05) is 30.3 Å². The van der Waals surface area contributed by atoms with Crippen LogP contribution in [0.4, 0.5) is 0 Å². The van der Waals surface area contributed by atoms with Crippen LogP contribution in [0.25, 0.3) is 0 Å². The monoisotopic (exact) mass is 220 g/mol. The lowest BCUT2D eigenvalue weighted by Gasteiger charge is -2.18. The second kappa shape index (κ2) is 5.09. The number of hydrogen-bond donors (Lipinski definition) is 1. The van der Waals surface area contributed by atoms with Crippen molar-refractivity contribution in [2.45, 2.75) is 18.9 Å². The summed E-state index contributed by atoms with van der Waals surface area (Å²) in [7, 11) is 0. The highest BCUT2D eigenvalue weighted by molar-refractivity contribution is 5.81. The molecule has 1 heterocycles. The van der Waals surface area contributed by atoms with Crippen molar-refractivity contribution < 1.29 is 9.63 Å². The molecule has 0 bridgehead atoms. The smallest absolute Gasteiger partial charge is 0.263 e. The number of nitrogens with two attached hydrogens (primary N) is 1. The van der Waals surface area contributed by atoms with Crippen LogP contribution in [-0.2, 0) is 16.1 Å². The van der Waals surface area contributed by atoms with Gasteiger partial charge in [0.05, 0.1) is 19.2 Å². The minimum atomic E-state index is -0.513. The van der Waals surface area contributed by atoms with E-state index < -0.39 is 6.04 Å². The quantitative estimate of drug-likeness (QED) is 0.816. The van der Waals surface area contributed by atoms with Crippen molar-refractivity contribution in [3.63, 3.8) is 0 Å². The van der Waals surface area contributed by atoms with Crippen LogP contribution >= 0.6 is 0 Å². The number of carbonyl (C=O) groups excluding carboxylic acids is 1. The second-order valence-corrected chi connectivity index (χ2v) is 3.92. The van der Waals surface area contributed by atoms with Crippen LogP contribution in [0, 0.1) is 0 Å². The maximum Gasteiger partial charge on any atom is 0.263 e. The van der Waals surface area contributed by atoms with Crippen molar-refractivity contribution in [1.29, 1.82) is 0 Å². The largest absolute Gasteiger partial charge is 0.320 e. The van der Waals surface area contributed by atoms with Crippen molar-refractivity contribution >= 4 is 5.91 Å². The van der Waals surface area contributed by atoms with E-state index in [1.54, 1.807) is 0 Å². The van der Waals surface area contributed by atoms with E-state index in [0.29, 0.717) is 19.6 Å². The zero-order valence-electron chi connectivity index (χ0n) is 9.13. The Morgan fingerprint density at radius 2 is 2.19 bits per heavy atom. The molecule has 0 saturated carbocycles. The first kappa shape index (κ1) is 11.1. The van der Waals surface area contributed by atoms with Gasteiger partial charge in [-0.1, -0.05) is 30.3 Å². The molecule has 2 rings (SSSR count). The molecule has 0 spiro atoms. The van der Waals surface area contributed by atoms with E-state index in [0.717, 1.165) is 12.0 Å². The van der Waals surface area contributed by atoms with E-state index in [4.69, 9.17) is 10.6 Å². The molecule has 1 saturated heterocycles. The Bertz CT molecular complexity index is 347. The highest BCUT2D eigenvalue weighted by Gasteiger charge is 2.24. The zero-order chi connectivity index (χ0) is 11.4.